The summed E-state index contributed by atoms with van der Waals surface area (Å²) < 4.78 is 7.11. The number of amides is 2. The molecule has 3 aliphatic carbocycles. The zero-order chi connectivity index (χ0) is 16.9. The fraction of sp³-hybridized carbons (Fsp3) is 0.471. The number of hydrogen-bond donors (Lipinski definition) is 2. The van der Waals surface area contributed by atoms with E-state index in [1.54, 1.807) is 25.3 Å². The zero-order valence-electron chi connectivity index (χ0n) is 13.7. The smallest absolute Gasteiger partial charge is 0.305 e. The summed E-state index contributed by atoms with van der Waals surface area (Å²) in [5, 5.41) is 4.24. The molecule has 2 heterocycles. The van der Waals surface area contributed by atoms with Gasteiger partial charge in [-0.1, -0.05) is 0 Å². The van der Waals surface area contributed by atoms with Crippen LogP contribution in [0, 0.1) is 18.8 Å². The molecule has 2 amide bonds. The lowest BCUT2D eigenvalue weighted by atomic mass is 9.58. The van der Waals surface area contributed by atoms with Crippen molar-refractivity contribution in [2.24, 2.45) is 18.9 Å². The second kappa shape index (κ2) is 5.22. The molecule has 0 aromatic carbocycles. The van der Waals surface area contributed by atoms with E-state index in [4.69, 9.17) is 4.42 Å². The topological polar surface area (TPSA) is 89.2 Å². The summed E-state index contributed by atoms with van der Waals surface area (Å²) in [6.07, 6.45) is 4.80. The summed E-state index contributed by atoms with van der Waals surface area (Å²) in [5.41, 5.74) is 5.98. The average molecular weight is 328 g/mol. The molecule has 3 fully saturated rings. The molecule has 3 saturated carbocycles. The highest BCUT2D eigenvalue weighted by Gasteiger charge is 2.63. The van der Waals surface area contributed by atoms with Crippen LogP contribution in [0.5, 0.6) is 0 Å². The summed E-state index contributed by atoms with van der Waals surface area (Å²) in [5.74, 6) is 0.512. The molecule has 3 atom stereocenters. The molecule has 2 aromatic heterocycles. The minimum Gasteiger partial charge on any atom is -0.456 e. The Morgan fingerprint density at radius 3 is 2.79 bits per heavy atom. The number of fused-ring (bicyclic) bond motifs is 1. The predicted octanol–water partition coefficient (Wildman–Crippen LogP) is 1.45. The number of furan rings is 1. The molecule has 7 nitrogen and oxygen atoms in total. The molecule has 3 aliphatic rings. The van der Waals surface area contributed by atoms with E-state index in [0.29, 0.717) is 11.7 Å². The summed E-state index contributed by atoms with van der Waals surface area (Å²) in [6, 6.07) is 5.29. The zero-order valence-corrected chi connectivity index (χ0v) is 13.7. The third kappa shape index (κ3) is 2.07. The first kappa shape index (κ1) is 15.0. The van der Waals surface area contributed by atoms with Gasteiger partial charge in [-0.3, -0.25) is 25.1 Å². The number of carbonyl (C=O) groups excluding carboxylic acids is 2. The van der Waals surface area contributed by atoms with Gasteiger partial charge in [-0.25, -0.2) is 0 Å². The second-order valence-corrected chi connectivity index (χ2v) is 6.83. The quantitative estimate of drug-likeness (QED) is 0.835. The van der Waals surface area contributed by atoms with E-state index >= 15 is 0 Å². The van der Waals surface area contributed by atoms with Gasteiger partial charge in [-0.2, -0.15) is 5.10 Å². The van der Waals surface area contributed by atoms with Crippen LogP contribution >= 0.6 is 0 Å². The molecule has 0 unspecified atom stereocenters. The van der Waals surface area contributed by atoms with Gasteiger partial charge < -0.3 is 4.42 Å². The van der Waals surface area contributed by atoms with E-state index in [1.165, 1.54) is 0 Å². The molecule has 0 radical (unpaired) electrons. The van der Waals surface area contributed by atoms with Crippen LogP contribution in [0.4, 0.5) is 0 Å². The number of aromatic nitrogens is 2. The molecule has 2 N–H and O–H groups in total. The Hall–Kier alpha value is -2.57. The maximum Gasteiger partial charge on any atom is 0.305 e. The number of aryl methyl sites for hydroxylation is 2. The molecule has 0 spiro atoms. The number of hydrogen-bond acceptors (Lipinski definition) is 4. The van der Waals surface area contributed by atoms with Crippen molar-refractivity contribution < 1.29 is 14.0 Å². The molecule has 126 valence electrons. The van der Waals surface area contributed by atoms with Gasteiger partial charge >= 0.3 is 5.91 Å². The SMILES string of the molecule is Cc1ccc(C(=O)NNC(=O)[C@@H]2[C@@H]3CC[C@@]2(c2ccnn2C)C3)o1. The summed E-state index contributed by atoms with van der Waals surface area (Å²) in [7, 11) is 1.91. The van der Waals surface area contributed by atoms with Gasteiger partial charge in [0.25, 0.3) is 0 Å². The van der Waals surface area contributed by atoms with E-state index in [0.717, 1.165) is 25.0 Å². The van der Waals surface area contributed by atoms with E-state index in [2.05, 4.69) is 16.0 Å². The van der Waals surface area contributed by atoms with Crippen molar-refractivity contribution in [3.63, 3.8) is 0 Å². The molecular formula is C17H20N4O3. The van der Waals surface area contributed by atoms with Crippen molar-refractivity contribution in [1.29, 1.82) is 0 Å². The van der Waals surface area contributed by atoms with Gasteiger partial charge in [0.15, 0.2) is 5.76 Å². The first-order valence-corrected chi connectivity index (χ1v) is 8.16. The van der Waals surface area contributed by atoms with Gasteiger partial charge in [-0.05, 0) is 50.3 Å². The highest BCUT2D eigenvalue weighted by molar-refractivity contribution is 5.93. The molecular weight excluding hydrogens is 308 g/mol. The normalized spacial score (nSPS) is 27.6. The molecule has 7 heteroatoms. The largest absolute Gasteiger partial charge is 0.456 e. The van der Waals surface area contributed by atoms with Crippen molar-refractivity contribution in [3.8, 4) is 0 Å². The van der Waals surface area contributed by atoms with Gasteiger partial charge in [0.2, 0.25) is 5.91 Å². The highest BCUT2D eigenvalue weighted by atomic mass is 16.3. The number of rotatable bonds is 3. The third-order valence-electron chi connectivity index (χ3n) is 5.53. The Labute approximate surface area is 139 Å². The monoisotopic (exact) mass is 328 g/mol. The minimum atomic E-state index is -0.447. The third-order valence-corrected chi connectivity index (χ3v) is 5.53. The fourth-order valence-electron chi connectivity index (χ4n) is 4.51. The molecule has 2 bridgehead atoms. The Morgan fingerprint density at radius 1 is 1.33 bits per heavy atom. The second-order valence-electron chi connectivity index (χ2n) is 6.83. The van der Waals surface area contributed by atoms with Gasteiger partial charge in [-0.15, -0.1) is 0 Å². The maximum absolute atomic E-state index is 12.7. The van der Waals surface area contributed by atoms with Crippen molar-refractivity contribution >= 4 is 11.8 Å². The van der Waals surface area contributed by atoms with Crippen molar-refractivity contribution in [1.82, 2.24) is 20.6 Å². The van der Waals surface area contributed by atoms with Crippen LogP contribution in [0.1, 0.15) is 41.3 Å². The van der Waals surface area contributed by atoms with Crippen LogP contribution in [-0.2, 0) is 17.3 Å². The van der Waals surface area contributed by atoms with E-state index in [-0.39, 0.29) is 23.0 Å². The predicted molar refractivity (Wildman–Crippen MR) is 84.8 cm³/mol. The summed E-state index contributed by atoms with van der Waals surface area (Å²) in [4.78, 5) is 24.7. The van der Waals surface area contributed by atoms with Gasteiger partial charge in [0, 0.05) is 24.4 Å². The van der Waals surface area contributed by atoms with E-state index in [1.807, 2.05) is 17.8 Å². The first-order valence-electron chi connectivity index (χ1n) is 8.16. The number of nitrogens with one attached hydrogen (secondary N) is 2. The molecule has 0 aliphatic heterocycles. The lowest BCUT2D eigenvalue weighted by Gasteiger charge is -2.46. The number of hydrazine groups is 1. The molecule has 24 heavy (non-hydrogen) atoms. The molecule has 5 rings (SSSR count). The Morgan fingerprint density at radius 2 is 2.17 bits per heavy atom. The Bertz CT molecular complexity index is 804. The van der Waals surface area contributed by atoms with Crippen molar-refractivity contribution in [2.75, 3.05) is 0 Å². The van der Waals surface area contributed by atoms with Crippen LogP contribution in [0.3, 0.4) is 0 Å². The van der Waals surface area contributed by atoms with Gasteiger partial charge in [0.1, 0.15) is 5.76 Å². The van der Waals surface area contributed by atoms with Crippen LogP contribution in [0.15, 0.2) is 28.8 Å². The Balaban J connectivity index is 1.45. The van der Waals surface area contributed by atoms with E-state index < -0.39 is 5.91 Å². The van der Waals surface area contributed by atoms with Crippen LogP contribution < -0.4 is 10.9 Å². The summed E-state index contributed by atoms with van der Waals surface area (Å²) in [6.45, 7) is 1.76. The van der Waals surface area contributed by atoms with Crippen LogP contribution in [0.25, 0.3) is 0 Å². The first-order chi connectivity index (χ1) is 11.5. The number of nitrogens with zero attached hydrogens (tertiary/aromatic N) is 2. The fourth-order valence-corrected chi connectivity index (χ4v) is 4.51. The van der Waals surface area contributed by atoms with Crippen LogP contribution in [0.2, 0.25) is 0 Å². The van der Waals surface area contributed by atoms with Crippen molar-refractivity contribution in [2.45, 2.75) is 31.6 Å². The van der Waals surface area contributed by atoms with Gasteiger partial charge in [0.05, 0.1) is 5.92 Å². The highest BCUT2D eigenvalue weighted by Crippen LogP contribution is 2.63. The molecule has 2 aromatic rings. The lowest BCUT2D eigenvalue weighted by molar-refractivity contribution is -0.133. The maximum atomic E-state index is 12.7. The Kier molecular flexibility index (Phi) is 3.26. The average Bonchev–Trinajstić information content (AvgIpc) is 3.27. The van der Waals surface area contributed by atoms with Crippen LogP contribution in [-0.4, -0.2) is 21.6 Å². The minimum absolute atomic E-state index is 0.119. The standard InChI is InChI=1S/C17H20N4O3/c1-10-3-4-12(24-10)15(22)19-20-16(23)14-11-5-7-17(14,9-11)13-6-8-18-21(13)2/h3-4,6,8,11,14H,5,7,9H2,1-2H3,(H,19,22)(H,20,23)/t11-,14+,17+/m1/s1. The summed E-state index contributed by atoms with van der Waals surface area (Å²) >= 11 is 0. The van der Waals surface area contributed by atoms with Crippen molar-refractivity contribution in [3.05, 3.63) is 41.6 Å². The number of carbonyl (C=O) groups is 2. The van der Waals surface area contributed by atoms with E-state index in [9.17, 15) is 9.59 Å². The molecule has 0 saturated heterocycles. The lowest BCUT2D eigenvalue weighted by Crippen LogP contribution is -2.56.